The van der Waals surface area contributed by atoms with Gasteiger partial charge in [0.25, 0.3) is 0 Å². The Bertz CT molecular complexity index is 1390. The van der Waals surface area contributed by atoms with Gasteiger partial charge in [-0.15, -0.1) is 0 Å². The Morgan fingerprint density at radius 2 is 2.06 bits per heavy atom. The molecule has 35 heavy (non-hydrogen) atoms. The van der Waals surface area contributed by atoms with Gasteiger partial charge in [0.1, 0.15) is 11.2 Å². The van der Waals surface area contributed by atoms with Gasteiger partial charge in [0.05, 0.1) is 6.61 Å². The van der Waals surface area contributed by atoms with E-state index in [2.05, 4.69) is 36.5 Å². The Hall–Kier alpha value is -3.24. The number of anilines is 1. The molecular formula is C24H28ClN7O3. The number of aromatic amines is 1. The zero-order chi connectivity index (χ0) is 24.5. The third-order valence-electron chi connectivity index (χ3n) is 6.58. The Morgan fingerprint density at radius 1 is 1.26 bits per heavy atom. The number of hydrogen-bond donors (Lipinski definition) is 3. The summed E-state index contributed by atoms with van der Waals surface area (Å²) in [7, 11) is 0. The second-order valence-electron chi connectivity index (χ2n) is 9.42. The number of H-pyrrole nitrogens is 1. The Balaban J connectivity index is 1.71. The molecule has 3 aromatic heterocycles. The number of nitrogens with one attached hydrogen (secondary N) is 2. The molecule has 1 fully saturated rings. The lowest BCUT2D eigenvalue weighted by atomic mass is 9.83. The SMILES string of the molecule is CC1CCC(Cn2c(N[C@H](C)CO)nc3nc(-c4noc(=O)[nH]4)nc(-c4cccc(Cl)c4)c32)CC1. The third kappa shape index (κ3) is 4.94. The Morgan fingerprint density at radius 3 is 2.74 bits per heavy atom. The van der Waals surface area contributed by atoms with Crippen LogP contribution >= 0.6 is 11.6 Å². The number of rotatable bonds is 7. The molecule has 1 saturated carbocycles. The van der Waals surface area contributed by atoms with E-state index in [1.165, 1.54) is 12.8 Å². The van der Waals surface area contributed by atoms with Gasteiger partial charge in [0.15, 0.2) is 5.65 Å². The van der Waals surface area contributed by atoms with Crippen LogP contribution in [-0.2, 0) is 6.54 Å². The molecular weight excluding hydrogens is 470 g/mol. The van der Waals surface area contributed by atoms with Gasteiger partial charge in [-0.1, -0.05) is 48.7 Å². The topological polar surface area (TPSA) is 135 Å². The van der Waals surface area contributed by atoms with E-state index in [4.69, 9.17) is 21.6 Å². The summed E-state index contributed by atoms with van der Waals surface area (Å²) in [6.07, 6.45) is 4.69. The molecule has 0 amide bonds. The van der Waals surface area contributed by atoms with Crippen molar-refractivity contribution in [2.75, 3.05) is 11.9 Å². The number of nitrogens with zero attached hydrogens (tertiary/aromatic N) is 5. The van der Waals surface area contributed by atoms with Crippen molar-refractivity contribution in [2.24, 2.45) is 11.8 Å². The lowest BCUT2D eigenvalue weighted by Crippen LogP contribution is -2.24. The highest BCUT2D eigenvalue weighted by Crippen LogP contribution is 2.35. The second kappa shape index (κ2) is 9.79. The number of aliphatic hydroxyl groups is 1. The summed E-state index contributed by atoms with van der Waals surface area (Å²) in [6, 6.07) is 7.22. The summed E-state index contributed by atoms with van der Waals surface area (Å²) in [5.41, 5.74) is 2.62. The molecule has 1 atom stereocenters. The fraction of sp³-hybridized carbons (Fsp3) is 0.458. The summed E-state index contributed by atoms with van der Waals surface area (Å²) in [4.78, 5) is 28.3. The molecule has 1 aromatic carbocycles. The van der Waals surface area contributed by atoms with Crippen LogP contribution in [0.4, 0.5) is 5.95 Å². The van der Waals surface area contributed by atoms with E-state index in [9.17, 15) is 9.90 Å². The van der Waals surface area contributed by atoms with Crippen LogP contribution in [0.15, 0.2) is 33.6 Å². The van der Waals surface area contributed by atoms with Gasteiger partial charge in [-0.3, -0.25) is 9.51 Å². The van der Waals surface area contributed by atoms with E-state index >= 15 is 0 Å². The summed E-state index contributed by atoms with van der Waals surface area (Å²) in [6.45, 7) is 4.91. The molecule has 0 spiro atoms. The van der Waals surface area contributed by atoms with E-state index in [-0.39, 0.29) is 24.3 Å². The Kier molecular flexibility index (Phi) is 6.57. The van der Waals surface area contributed by atoms with E-state index in [0.29, 0.717) is 28.2 Å². The molecule has 0 radical (unpaired) electrons. The zero-order valence-electron chi connectivity index (χ0n) is 19.7. The maximum Gasteiger partial charge on any atom is 0.439 e. The molecule has 5 rings (SSSR count). The maximum atomic E-state index is 11.6. The average Bonchev–Trinajstić information content (AvgIpc) is 3.43. The van der Waals surface area contributed by atoms with Crippen LogP contribution < -0.4 is 11.1 Å². The number of halogens is 1. The molecule has 11 heteroatoms. The minimum Gasteiger partial charge on any atom is -0.394 e. The summed E-state index contributed by atoms with van der Waals surface area (Å²) in [5, 5.41) is 17.3. The first kappa shape index (κ1) is 23.5. The van der Waals surface area contributed by atoms with Crippen molar-refractivity contribution in [3.05, 3.63) is 39.8 Å². The quantitative estimate of drug-likeness (QED) is 0.347. The molecule has 0 aliphatic heterocycles. The van der Waals surface area contributed by atoms with Crippen LogP contribution in [0.3, 0.4) is 0 Å². The summed E-state index contributed by atoms with van der Waals surface area (Å²) in [5.74, 6) is 1.47. The van der Waals surface area contributed by atoms with Crippen molar-refractivity contribution in [3.63, 3.8) is 0 Å². The monoisotopic (exact) mass is 497 g/mol. The zero-order valence-corrected chi connectivity index (χ0v) is 20.4. The number of benzene rings is 1. The van der Waals surface area contributed by atoms with Crippen LogP contribution in [-0.4, -0.2) is 47.4 Å². The maximum absolute atomic E-state index is 11.6. The van der Waals surface area contributed by atoms with Gasteiger partial charge in [0.2, 0.25) is 17.6 Å². The van der Waals surface area contributed by atoms with Gasteiger partial charge in [0, 0.05) is 23.2 Å². The molecule has 3 heterocycles. The number of aliphatic hydroxyl groups excluding tert-OH is 1. The predicted octanol–water partition coefficient (Wildman–Crippen LogP) is 4.11. The fourth-order valence-electron chi connectivity index (χ4n) is 4.63. The largest absolute Gasteiger partial charge is 0.439 e. The molecule has 0 bridgehead atoms. The van der Waals surface area contributed by atoms with E-state index in [0.717, 1.165) is 36.4 Å². The number of hydrogen-bond acceptors (Lipinski definition) is 8. The van der Waals surface area contributed by atoms with E-state index in [1.807, 2.05) is 25.1 Å². The average molecular weight is 498 g/mol. The lowest BCUT2D eigenvalue weighted by molar-refractivity contribution is 0.265. The van der Waals surface area contributed by atoms with E-state index < -0.39 is 5.76 Å². The van der Waals surface area contributed by atoms with Crippen LogP contribution in [0.25, 0.3) is 34.1 Å². The first-order valence-electron chi connectivity index (χ1n) is 11.9. The molecule has 0 unspecified atom stereocenters. The fourth-order valence-corrected chi connectivity index (χ4v) is 4.82. The van der Waals surface area contributed by atoms with Crippen LogP contribution in [0.5, 0.6) is 0 Å². The van der Waals surface area contributed by atoms with Gasteiger partial charge < -0.3 is 15.0 Å². The third-order valence-corrected chi connectivity index (χ3v) is 6.81. The molecule has 3 N–H and O–H groups in total. The molecule has 1 aliphatic carbocycles. The number of aromatic nitrogens is 6. The highest BCUT2D eigenvalue weighted by molar-refractivity contribution is 6.30. The Labute approximate surface area is 206 Å². The number of fused-ring (bicyclic) bond motifs is 1. The smallest absolute Gasteiger partial charge is 0.394 e. The molecule has 184 valence electrons. The van der Waals surface area contributed by atoms with Crippen LogP contribution in [0.2, 0.25) is 5.02 Å². The standard InChI is InChI=1S/C24H28ClN7O3/c1-13-6-8-15(9-7-13)11-32-19-18(16-4-3-5-17(25)10-16)27-21(22-30-24(34)35-31-22)28-20(19)29-23(32)26-14(2)12-33/h3-5,10,13-15,33H,6-9,11-12H2,1-2H3,(H,30,31,34)(H,26,27,28,29)/t13?,14-,15?/m1/s1. The van der Waals surface area contributed by atoms with Gasteiger partial charge in [-0.05, 0) is 43.7 Å². The van der Waals surface area contributed by atoms with Crippen molar-refractivity contribution < 1.29 is 9.63 Å². The minimum absolute atomic E-state index is 0.0393. The van der Waals surface area contributed by atoms with Crippen LogP contribution in [0.1, 0.15) is 39.5 Å². The first-order valence-corrected chi connectivity index (χ1v) is 12.3. The lowest BCUT2D eigenvalue weighted by Gasteiger charge is -2.27. The van der Waals surface area contributed by atoms with Crippen LogP contribution in [0, 0.1) is 11.8 Å². The highest BCUT2D eigenvalue weighted by Gasteiger charge is 2.25. The second-order valence-corrected chi connectivity index (χ2v) is 9.86. The van der Waals surface area contributed by atoms with Crippen molar-refractivity contribution in [3.8, 4) is 22.9 Å². The minimum atomic E-state index is -0.691. The van der Waals surface area contributed by atoms with Crippen molar-refractivity contribution in [1.29, 1.82) is 0 Å². The van der Waals surface area contributed by atoms with Crippen molar-refractivity contribution in [1.82, 2.24) is 29.7 Å². The summed E-state index contributed by atoms with van der Waals surface area (Å²) < 4.78 is 6.79. The molecule has 10 nitrogen and oxygen atoms in total. The normalized spacial score (nSPS) is 19.2. The molecule has 0 saturated heterocycles. The van der Waals surface area contributed by atoms with Gasteiger partial charge in [-0.2, -0.15) is 4.98 Å². The van der Waals surface area contributed by atoms with Gasteiger partial charge in [-0.25, -0.2) is 14.8 Å². The number of imidazole rings is 1. The van der Waals surface area contributed by atoms with Gasteiger partial charge >= 0.3 is 5.76 Å². The first-order chi connectivity index (χ1) is 16.9. The highest BCUT2D eigenvalue weighted by atomic mass is 35.5. The summed E-state index contributed by atoms with van der Waals surface area (Å²) >= 11 is 6.33. The van der Waals surface area contributed by atoms with E-state index in [1.54, 1.807) is 6.07 Å². The molecule has 1 aliphatic rings. The molecule has 4 aromatic rings. The van der Waals surface area contributed by atoms with Crippen molar-refractivity contribution >= 4 is 28.7 Å². The van der Waals surface area contributed by atoms with Crippen molar-refractivity contribution in [2.45, 2.75) is 52.1 Å². The predicted molar refractivity (Wildman–Crippen MR) is 133 cm³/mol.